The van der Waals surface area contributed by atoms with E-state index in [1.807, 2.05) is 7.05 Å². The van der Waals surface area contributed by atoms with Crippen LogP contribution in [0.15, 0.2) is 18.2 Å². The minimum Gasteiger partial charge on any atom is -0.229 e. The third-order valence-corrected chi connectivity index (χ3v) is 1.87. The fraction of sp³-hybridized carbons (Fsp3) is 0.375. The van der Waals surface area contributed by atoms with Crippen molar-refractivity contribution in [1.29, 1.82) is 0 Å². The lowest BCUT2D eigenvalue weighted by molar-refractivity contribution is 0.704. The molecular formula is C8H10N4. The number of rotatable bonds is 1. The van der Waals surface area contributed by atoms with Crippen molar-refractivity contribution in [1.82, 2.24) is 20.2 Å². The van der Waals surface area contributed by atoms with Gasteiger partial charge in [0.15, 0.2) is 5.82 Å². The summed E-state index contributed by atoms with van der Waals surface area (Å²) in [4.78, 5) is 0. The summed E-state index contributed by atoms with van der Waals surface area (Å²) < 4.78 is 1.68. The number of aromatic nitrogens is 4. The maximum atomic E-state index is 3.92. The van der Waals surface area contributed by atoms with E-state index < -0.39 is 0 Å². The van der Waals surface area contributed by atoms with Gasteiger partial charge in [-0.2, -0.15) is 0 Å². The molecule has 0 radical (unpaired) electrons. The lowest BCUT2D eigenvalue weighted by Crippen LogP contribution is -1.98. The van der Waals surface area contributed by atoms with Crippen molar-refractivity contribution in [2.24, 2.45) is 7.05 Å². The molecule has 0 aromatic carbocycles. The first kappa shape index (κ1) is 7.21. The first-order chi connectivity index (χ1) is 5.88. The van der Waals surface area contributed by atoms with Crippen molar-refractivity contribution in [3.8, 4) is 0 Å². The van der Waals surface area contributed by atoms with Crippen molar-refractivity contribution in [3.63, 3.8) is 0 Å². The van der Waals surface area contributed by atoms with Crippen molar-refractivity contribution >= 4 is 5.57 Å². The van der Waals surface area contributed by atoms with Crippen LogP contribution in [0.1, 0.15) is 18.7 Å². The third kappa shape index (κ3) is 1.15. The van der Waals surface area contributed by atoms with E-state index in [2.05, 4.69) is 33.8 Å². The van der Waals surface area contributed by atoms with E-state index in [-0.39, 0.29) is 0 Å². The smallest absolute Gasteiger partial charge is 0.181 e. The van der Waals surface area contributed by atoms with Gasteiger partial charge in [-0.25, -0.2) is 4.68 Å². The number of tetrazole rings is 1. The summed E-state index contributed by atoms with van der Waals surface area (Å²) in [5.41, 5.74) is 1.12. The minimum atomic E-state index is 0.839. The average Bonchev–Trinajstić information content (AvgIpc) is 2.53. The molecule has 0 N–H and O–H groups in total. The Morgan fingerprint density at radius 2 is 2.33 bits per heavy atom. The number of hydrogen-bond donors (Lipinski definition) is 0. The molecule has 4 heteroatoms. The van der Waals surface area contributed by atoms with Crippen LogP contribution in [-0.4, -0.2) is 20.2 Å². The molecule has 0 bridgehead atoms. The van der Waals surface area contributed by atoms with E-state index in [1.54, 1.807) is 4.68 Å². The van der Waals surface area contributed by atoms with Gasteiger partial charge in [-0.15, -0.1) is 5.10 Å². The highest BCUT2D eigenvalue weighted by molar-refractivity contribution is 5.70. The Morgan fingerprint density at radius 1 is 1.42 bits per heavy atom. The zero-order valence-corrected chi connectivity index (χ0v) is 6.94. The SMILES string of the molecule is Cn1nnnc1C1=CCCC=C1. The van der Waals surface area contributed by atoms with E-state index in [9.17, 15) is 0 Å². The zero-order chi connectivity index (χ0) is 8.39. The first-order valence-corrected chi connectivity index (χ1v) is 3.97. The fourth-order valence-corrected chi connectivity index (χ4v) is 1.25. The molecule has 1 aromatic rings. The molecule has 0 saturated carbocycles. The first-order valence-electron chi connectivity index (χ1n) is 3.97. The Bertz CT molecular complexity index is 335. The molecule has 0 fully saturated rings. The van der Waals surface area contributed by atoms with Crippen LogP contribution in [0.5, 0.6) is 0 Å². The van der Waals surface area contributed by atoms with Gasteiger partial charge in [0.1, 0.15) is 0 Å². The van der Waals surface area contributed by atoms with Crippen molar-refractivity contribution in [2.75, 3.05) is 0 Å². The molecule has 0 saturated heterocycles. The van der Waals surface area contributed by atoms with Gasteiger partial charge < -0.3 is 0 Å². The molecule has 4 nitrogen and oxygen atoms in total. The van der Waals surface area contributed by atoms with Crippen molar-refractivity contribution < 1.29 is 0 Å². The van der Waals surface area contributed by atoms with Crippen LogP contribution in [-0.2, 0) is 7.05 Å². The largest absolute Gasteiger partial charge is 0.229 e. The summed E-state index contributed by atoms with van der Waals surface area (Å²) in [7, 11) is 1.85. The van der Waals surface area contributed by atoms with Crippen LogP contribution >= 0.6 is 0 Å². The number of hydrogen-bond acceptors (Lipinski definition) is 3. The highest BCUT2D eigenvalue weighted by atomic mass is 15.5. The second-order valence-corrected chi connectivity index (χ2v) is 2.77. The highest BCUT2D eigenvalue weighted by Crippen LogP contribution is 2.17. The van der Waals surface area contributed by atoms with Gasteiger partial charge in [0.05, 0.1) is 0 Å². The van der Waals surface area contributed by atoms with E-state index in [4.69, 9.17) is 0 Å². The second kappa shape index (κ2) is 2.89. The maximum Gasteiger partial charge on any atom is 0.181 e. The second-order valence-electron chi connectivity index (χ2n) is 2.77. The van der Waals surface area contributed by atoms with Crippen LogP contribution in [0, 0.1) is 0 Å². The molecule has 2 rings (SSSR count). The summed E-state index contributed by atoms with van der Waals surface area (Å²) in [6.45, 7) is 0. The summed E-state index contributed by atoms with van der Waals surface area (Å²) >= 11 is 0. The van der Waals surface area contributed by atoms with E-state index in [0.29, 0.717) is 0 Å². The molecule has 1 heterocycles. The van der Waals surface area contributed by atoms with Gasteiger partial charge in [-0.05, 0) is 23.3 Å². The quantitative estimate of drug-likeness (QED) is 0.617. The van der Waals surface area contributed by atoms with E-state index in [1.165, 1.54) is 0 Å². The monoisotopic (exact) mass is 162 g/mol. The Hall–Kier alpha value is -1.45. The van der Waals surface area contributed by atoms with Crippen molar-refractivity contribution in [3.05, 3.63) is 24.1 Å². The molecular weight excluding hydrogens is 152 g/mol. The molecule has 0 spiro atoms. The van der Waals surface area contributed by atoms with Crippen LogP contribution in [0.2, 0.25) is 0 Å². The van der Waals surface area contributed by atoms with Gasteiger partial charge in [0, 0.05) is 12.6 Å². The number of aryl methyl sites for hydroxylation is 1. The lowest BCUT2D eigenvalue weighted by Gasteiger charge is -2.03. The highest BCUT2D eigenvalue weighted by Gasteiger charge is 2.06. The number of nitrogens with zero attached hydrogens (tertiary/aromatic N) is 4. The summed E-state index contributed by atoms with van der Waals surface area (Å²) in [6.07, 6.45) is 8.57. The zero-order valence-electron chi connectivity index (χ0n) is 6.94. The molecule has 1 aliphatic carbocycles. The Kier molecular flexibility index (Phi) is 1.74. The summed E-state index contributed by atoms with van der Waals surface area (Å²) in [5, 5.41) is 11.3. The topological polar surface area (TPSA) is 43.6 Å². The molecule has 62 valence electrons. The molecule has 0 atom stereocenters. The van der Waals surface area contributed by atoms with Gasteiger partial charge in [0.25, 0.3) is 0 Å². The molecule has 1 aromatic heterocycles. The Labute approximate surface area is 70.6 Å². The van der Waals surface area contributed by atoms with Crippen LogP contribution in [0.25, 0.3) is 5.57 Å². The molecule has 1 aliphatic rings. The maximum absolute atomic E-state index is 3.92. The predicted octanol–water partition coefficient (Wildman–Crippen LogP) is 0.943. The molecule has 0 unspecified atom stereocenters. The third-order valence-electron chi connectivity index (χ3n) is 1.87. The lowest BCUT2D eigenvalue weighted by atomic mass is 10.1. The van der Waals surface area contributed by atoms with Crippen LogP contribution < -0.4 is 0 Å². The van der Waals surface area contributed by atoms with Gasteiger partial charge in [-0.1, -0.05) is 18.2 Å². The van der Waals surface area contributed by atoms with E-state index >= 15 is 0 Å². The van der Waals surface area contributed by atoms with Gasteiger partial charge >= 0.3 is 0 Å². The Balaban J connectivity index is 2.36. The van der Waals surface area contributed by atoms with Crippen molar-refractivity contribution in [2.45, 2.75) is 12.8 Å². The van der Waals surface area contributed by atoms with Gasteiger partial charge in [0.2, 0.25) is 0 Å². The molecule has 0 aliphatic heterocycles. The predicted molar refractivity (Wildman–Crippen MR) is 45.1 cm³/mol. The minimum absolute atomic E-state index is 0.839. The van der Waals surface area contributed by atoms with Gasteiger partial charge in [-0.3, -0.25) is 0 Å². The van der Waals surface area contributed by atoms with Crippen LogP contribution in [0.3, 0.4) is 0 Å². The standard InChI is InChI=1S/C8H10N4/c1-12-8(9-10-11-12)7-5-3-2-4-6-7/h3,5-6H,2,4H2,1H3. The summed E-state index contributed by atoms with van der Waals surface area (Å²) in [6, 6.07) is 0. The molecule has 12 heavy (non-hydrogen) atoms. The Morgan fingerprint density at radius 3 is 2.92 bits per heavy atom. The summed E-state index contributed by atoms with van der Waals surface area (Å²) in [5.74, 6) is 0.839. The normalized spacial score (nSPS) is 16.2. The fourth-order valence-electron chi connectivity index (χ4n) is 1.25. The van der Waals surface area contributed by atoms with E-state index in [0.717, 1.165) is 24.2 Å². The number of allylic oxidation sites excluding steroid dienone is 4. The molecule has 0 amide bonds. The van der Waals surface area contributed by atoms with Crippen LogP contribution in [0.4, 0.5) is 0 Å². The average molecular weight is 162 g/mol.